The van der Waals surface area contributed by atoms with Gasteiger partial charge >= 0.3 is 0 Å². The van der Waals surface area contributed by atoms with Crippen LogP contribution < -0.4 is 0 Å². The molecule has 0 aliphatic rings. The van der Waals surface area contributed by atoms with E-state index in [-0.39, 0.29) is 0 Å². The molecular formula is C18H36N2OS4. The fourth-order valence-corrected chi connectivity index (χ4v) is 4.21. The second-order valence-corrected chi connectivity index (χ2v) is 9.10. The fourth-order valence-electron chi connectivity index (χ4n) is 2.17. The summed E-state index contributed by atoms with van der Waals surface area (Å²) in [5.41, 5.74) is 0. The maximum atomic E-state index is 5.71. The van der Waals surface area contributed by atoms with Gasteiger partial charge in [0, 0.05) is 26.2 Å². The topological polar surface area (TPSA) is 15.7 Å². The lowest BCUT2D eigenvalue weighted by molar-refractivity contribution is 0.408. The number of unbranched alkanes of at least 4 members (excludes halogenated alkanes) is 4. The lowest BCUT2D eigenvalue weighted by Gasteiger charge is -2.25. The molecule has 0 aliphatic heterocycles. The Balaban J connectivity index is 4.31. The minimum absolute atomic E-state index is 0.825. The van der Waals surface area contributed by atoms with Crippen molar-refractivity contribution in [3.63, 3.8) is 0 Å². The van der Waals surface area contributed by atoms with Crippen LogP contribution in [0, 0.1) is 0 Å². The Morgan fingerprint density at radius 3 is 1.16 bits per heavy atom. The molecule has 0 heterocycles. The highest BCUT2D eigenvalue weighted by atomic mass is 32.2. The van der Waals surface area contributed by atoms with E-state index in [9.17, 15) is 0 Å². The lowest BCUT2D eigenvalue weighted by Crippen LogP contribution is -2.30. The third kappa shape index (κ3) is 13.3. The maximum absolute atomic E-state index is 5.71. The van der Waals surface area contributed by atoms with E-state index in [2.05, 4.69) is 37.5 Å². The normalized spacial score (nSPS) is 10.7. The van der Waals surface area contributed by atoms with Gasteiger partial charge in [0.2, 0.25) is 0 Å². The van der Waals surface area contributed by atoms with Crippen LogP contribution in [0.5, 0.6) is 0 Å². The number of nitrogens with zero attached hydrogens (tertiary/aromatic N) is 2. The van der Waals surface area contributed by atoms with E-state index in [1.54, 1.807) is 0 Å². The zero-order valence-corrected chi connectivity index (χ0v) is 19.7. The maximum Gasteiger partial charge on any atom is 0.165 e. The van der Waals surface area contributed by atoms with E-state index in [0.717, 1.165) is 60.5 Å². The van der Waals surface area contributed by atoms with Crippen LogP contribution in [0.25, 0.3) is 0 Å². The first-order valence-electron chi connectivity index (χ1n) is 9.69. The zero-order valence-electron chi connectivity index (χ0n) is 16.4. The van der Waals surface area contributed by atoms with E-state index in [1.807, 2.05) is 0 Å². The minimum atomic E-state index is 0.825. The average Bonchev–Trinajstić information content (AvgIpc) is 2.61. The van der Waals surface area contributed by atoms with Gasteiger partial charge in [0.05, 0.1) is 24.1 Å². The van der Waals surface area contributed by atoms with Gasteiger partial charge in [0.15, 0.2) is 8.64 Å². The smallest absolute Gasteiger partial charge is 0.165 e. The van der Waals surface area contributed by atoms with Crippen LogP contribution in [0.15, 0.2) is 0 Å². The van der Waals surface area contributed by atoms with Crippen LogP contribution in [0.3, 0.4) is 0 Å². The van der Waals surface area contributed by atoms with Gasteiger partial charge in [-0.15, -0.1) is 0 Å². The number of rotatable bonds is 14. The third-order valence-electron chi connectivity index (χ3n) is 3.85. The Kier molecular flexibility index (Phi) is 18.1. The van der Waals surface area contributed by atoms with Crippen molar-refractivity contribution in [2.45, 2.75) is 79.1 Å². The second kappa shape index (κ2) is 17.8. The Hall–Kier alpha value is 0.440. The highest BCUT2D eigenvalue weighted by Gasteiger charge is 2.14. The highest BCUT2D eigenvalue weighted by Crippen LogP contribution is 2.23. The first-order chi connectivity index (χ1) is 12.1. The monoisotopic (exact) mass is 424 g/mol. The molecular weight excluding hydrogens is 388 g/mol. The summed E-state index contributed by atoms with van der Waals surface area (Å²) >= 11 is 13.7. The lowest BCUT2D eigenvalue weighted by atomic mass is 10.3. The van der Waals surface area contributed by atoms with Gasteiger partial charge in [-0.1, -0.05) is 77.8 Å². The summed E-state index contributed by atoms with van der Waals surface area (Å²) in [6, 6.07) is 0. The molecule has 0 spiro atoms. The Bertz CT molecular complexity index is 308. The molecule has 0 amide bonds. The highest BCUT2D eigenvalue weighted by molar-refractivity contribution is 8.29. The molecule has 0 aromatic heterocycles. The fraction of sp³-hybridized carbons (Fsp3) is 0.889. The number of hydrogen-bond acceptors (Lipinski definition) is 5. The van der Waals surface area contributed by atoms with Crippen molar-refractivity contribution in [3.05, 3.63) is 0 Å². The minimum Gasteiger partial charge on any atom is -0.356 e. The molecule has 0 atom stereocenters. The molecule has 0 saturated carbocycles. The van der Waals surface area contributed by atoms with Crippen molar-refractivity contribution in [3.8, 4) is 0 Å². The summed E-state index contributed by atoms with van der Waals surface area (Å²) in [5.74, 6) is 0. The van der Waals surface area contributed by atoms with Gasteiger partial charge in [0.1, 0.15) is 0 Å². The van der Waals surface area contributed by atoms with E-state index >= 15 is 0 Å². The van der Waals surface area contributed by atoms with Crippen LogP contribution in [0.2, 0.25) is 0 Å². The summed E-state index contributed by atoms with van der Waals surface area (Å²) in [5, 5.41) is 0. The Morgan fingerprint density at radius 1 is 0.640 bits per heavy atom. The molecule has 0 saturated heterocycles. The largest absolute Gasteiger partial charge is 0.356 e. The summed E-state index contributed by atoms with van der Waals surface area (Å²) in [6.07, 6.45) is 9.38. The molecule has 0 aromatic rings. The van der Waals surface area contributed by atoms with Crippen LogP contribution in [0.1, 0.15) is 79.1 Å². The van der Waals surface area contributed by atoms with Crippen molar-refractivity contribution in [2.75, 3.05) is 26.2 Å². The van der Waals surface area contributed by atoms with Gasteiger partial charge < -0.3 is 9.80 Å². The molecule has 0 fully saturated rings. The van der Waals surface area contributed by atoms with E-state index < -0.39 is 0 Å². The standard InChI is InChI=1S/C18H36N2OS4/c1-5-9-13-19(14-10-6-2)17(22)24-21-25-18(23)20(15-11-7-3)16-12-8-4/h5-16H2,1-4H3. The number of hydrogen-bond donors (Lipinski definition) is 0. The molecule has 0 rings (SSSR count). The first kappa shape index (κ1) is 25.4. The van der Waals surface area contributed by atoms with E-state index in [0.29, 0.717) is 0 Å². The molecule has 0 N–H and O–H groups in total. The van der Waals surface area contributed by atoms with Crippen LogP contribution >= 0.6 is 48.5 Å². The summed E-state index contributed by atoms with van der Waals surface area (Å²) < 4.78 is 7.36. The van der Waals surface area contributed by atoms with Crippen molar-refractivity contribution in [1.29, 1.82) is 0 Å². The summed E-state index contributed by atoms with van der Waals surface area (Å²) in [7, 11) is 0. The third-order valence-corrected chi connectivity index (χ3v) is 6.12. The van der Waals surface area contributed by atoms with Gasteiger partial charge in [-0.25, -0.2) is 3.63 Å². The first-order valence-corrected chi connectivity index (χ1v) is 12.0. The molecule has 0 unspecified atom stereocenters. The van der Waals surface area contributed by atoms with E-state index in [1.165, 1.54) is 49.8 Å². The number of thiocarbonyl (C=S) groups is 2. The molecule has 0 aromatic carbocycles. The zero-order chi connectivity index (χ0) is 18.9. The molecule has 148 valence electrons. The van der Waals surface area contributed by atoms with Crippen molar-refractivity contribution < 1.29 is 3.63 Å². The van der Waals surface area contributed by atoms with Gasteiger partial charge in [-0.05, 0) is 25.7 Å². The molecule has 3 nitrogen and oxygen atoms in total. The molecule has 0 aliphatic carbocycles. The Morgan fingerprint density at radius 2 is 0.920 bits per heavy atom. The molecule has 7 heteroatoms. The molecule has 25 heavy (non-hydrogen) atoms. The SMILES string of the molecule is CCCCN(CCCC)C(=S)SOSC(=S)N(CCCC)CCCC. The predicted molar refractivity (Wildman–Crippen MR) is 124 cm³/mol. The quantitative estimate of drug-likeness (QED) is 0.225. The van der Waals surface area contributed by atoms with Crippen molar-refractivity contribution >= 4 is 57.2 Å². The molecule has 0 radical (unpaired) electrons. The van der Waals surface area contributed by atoms with Crippen molar-refractivity contribution in [2.24, 2.45) is 0 Å². The average molecular weight is 425 g/mol. The molecule has 0 bridgehead atoms. The van der Waals surface area contributed by atoms with Crippen molar-refractivity contribution in [1.82, 2.24) is 9.80 Å². The van der Waals surface area contributed by atoms with Gasteiger partial charge in [-0.3, -0.25) is 0 Å². The summed E-state index contributed by atoms with van der Waals surface area (Å²) in [6.45, 7) is 12.9. The van der Waals surface area contributed by atoms with Crippen LogP contribution in [-0.2, 0) is 3.63 Å². The second-order valence-electron chi connectivity index (χ2n) is 6.15. The van der Waals surface area contributed by atoms with Gasteiger partial charge in [0.25, 0.3) is 0 Å². The Labute approximate surface area is 175 Å². The van der Waals surface area contributed by atoms with Gasteiger partial charge in [-0.2, -0.15) is 0 Å². The summed E-state index contributed by atoms with van der Waals surface area (Å²) in [4.78, 5) is 4.53. The van der Waals surface area contributed by atoms with Crippen LogP contribution in [-0.4, -0.2) is 44.6 Å². The predicted octanol–water partition coefficient (Wildman–Crippen LogP) is 6.67. The van der Waals surface area contributed by atoms with Crippen LogP contribution in [0.4, 0.5) is 0 Å². The van der Waals surface area contributed by atoms with E-state index in [4.69, 9.17) is 28.1 Å².